The van der Waals surface area contributed by atoms with Gasteiger partial charge in [0, 0.05) is 6.20 Å². The van der Waals surface area contributed by atoms with Crippen LogP contribution in [0.3, 0.4) is 0 Å². The Bertz CT molecular complexity index is 547. The zero-order valence-corrected chi connectivity index (χ0v) is 12.0. The molecule has 0 aromatic carbocycles. The van der Waals surface area contributed by atoms with Crippen LogP contribution in [0.2, 0.25) is 0 Å². The number of nitrogen functional groups attached to an aromatic ring is 1. The van der Waals surface area contributed by atoms with Gasteiger partial charge < -0.3 is 4.90 Å². The first-order chi connectivity index (χ1) is 8.86. The van der Waals surface area contributed by atoms with Crippen LogP contribution in [0.15, 0.2) is 10.7 Å². The van der Waals surface area contributed by atoms with Gasteiger partial charge in [-0.3, -0.25) is 20.3 Å². The second-order valence-corrected chi connectivity index (χ2v) is 5.39. The van der Waals surface area contributed by atoms with Crippen LogP contribution < -0.4 is 21.5 Å². The maximum atomic E-state index is 11.9. The molecule has 102 valence electrons. The average Bonchev–Trinajstić information content (AvgIpc) is 2.35. The molecule has 0 aliphatic carbocycles. The van der Waals surface area contributed by atoms with Crippen molar-refractivity contribution in [2.24, 2.45) is 5.84 Å². The number of nitrogens with zero attached hydrogens (tertiary/aromatic N) is 3. The number of nitrogens with one attached hydrogen (secondary N) is 2. The lowest BCUT2D eigenvalue weighted by Crippen LogP contribution is -2.64. The van der Waals surface area contributed by atoms with Gasteiger partial charge in [0.1, 0.15) is 11.4 Å². The second kappa shape index (κ2) is 4.74. The summed E-state index contributed by atoms with van der Waals surface area (Å²) in [5, 5.41) is 2.30. The highest BCUT2D eigenvalue weighted by Crippen LogP contribution is 2.31. The summed E-state index contributed by atoms with van der Waals surface area (Å²) in [6.07, 6.45) is 1.50. The quantitative estimate of drug-likeness (QED) is 0.390. The molecule has 1 aliphatic rings. The van der Waals surface area contributed by atoms with E-state index in [4.69, 9.17) is 5.84 Å². The van der Waals surface area contributed by atoms with Crippen LogP contribution in [0.4, 0.5) is 11.8 Å². The van der Waals surface area contributed by atoms with E-state index >= 15 is 0 Å². The number of imide groups is 1. The molecule has 0 radical (unpaired) electrons. The van der Waals surface area contributed by atoms with Crippen LogP contribution in [0.1, 0.15) is 13.8 Å². The number of aromatic nitrogens is 2. The minimum atomic E-state index is -0.906. The van der Waals surface area contributed by atoms with Crippen LogP contribution in [-0.4, -0.2) is 33.9 Å². The molecule has 9 heteroatoms. The number of carbonyl (C=O) groups is 2. The lowest BCUT2D eigenvalue weighted by Gasteiger charge is -2.41. The molecule has 0 unspecified atom stereocenters. The number of amides is 2. The molecule has 0 atom stereocenters. The van der Waals surface area contributed by atoms with E-state index in [2.05, 4.69) is 36.6 Å². The largest absolute Gasteiger partial charge is 0.332 e. The molecule has 2 heterocycles. The number of anilines is 2. The average molecular weight is 329 g/mol. The minimum Gasteiger partial charge on any atom is -0.332 e. The van der Waals surface area contributed by atoms with Gasteiger partial charge in [0.25, 0.3) is 5.91 Å². The Morgan fingerprint density at radius 2 is 2.21 bits per heavy atom. The number of carbonyl (C=O) groups excluding carboxylic acids is 2. The summed E-state index contributed by atoms with van der Waals surface area (Å²) in [7, 11) is 0. The first-order valence-corrected chi connectivity index (χ1v) is 6.26. The van der Waals surface area contributed by atoms with Gasteiger partial charge in [0.2, 0.25) is 11.9 Å². The van der Waals surface area contributed by atoms with Crippen LogP contribution in [-0.2, 0) is 9.59 Å². The van der Waals surface area contributed by atoms with Crippen molar-refractivity contribution >= 4 is 39.5 Å². The normalized spacial score (nSPS) is 18.2. The Kier molecular flexibility index (Phi) is 3.42. The summed E-state index contributed by atoms with van der Waals surface area (Å²) in [5.74, 6) is 5.14. The third-order valence-electron chi connectivity index (χ3n) is 2.90. The molecule has 8 nitrogen and oxygen atoms in total. The van der Waals surface area contributed by atoms with E-state index in [1.54, 1.807) is 18.7 Å². The molecule has 2 amide bonds. The number of nitrogens with two attached hydrogens (primary N) is 1. The number of hydrogen-bond donors (Lipinski definition) is 3. The molecule has 1 fully saturated rings. The molecular formula is C10H13BrN6O2. The van der Waals surface area contributed by atoms with Gasteiger partial charge in [-0.05, 0) is 29.8 Å². The Labute approximate surface area is 117 Å². The first-order valence-electron chi connectivity index (χ1n) is 5.47. The predicted molar refractivity (Wildman–Crippen MR) is 72.1 cm³/mol. The molecular weight excluding hydrogens is 316 g/mol. The van der Waals surface area contributed by atoms with Gasteiger partial charge in [-0.25, -0.2) is 10.8 Å². The van der Waals surface area contributed by atoms with Crippen LogP contribution in [0.5, 0.6) is 0 Å². The van der Waals surface area contributed by atoms with Crippen LogP contribution in [0, 0.1) is 0 Å². The number of halogens is 1. The molecule has 2 rings (SSSR count). The molecule has 1 aromatic rings. The summed E-state index contributed by atoms with van der Waals surface area (Å²) < 4.78 is 0.571. The summed E-state index contributed by atoms with van der Waals surface area (Å²) >= 11 is 3.31. The molecule has 0 saturated carbocycles. The number of hydrogen-bond acceptors (Lipinski definition) is 7. The van der Waals surface area contributed by atoms with Gasteiger partial charge in [-0.2, -0.15) is 4.98 Å². The van der Waals surface area contributed by atoms with Gasteiger partial charge in [-0.1, -0.05) is 0 Å². The minimum absolute atomic E-state index is 0.0262. The molecule has 1 aromatic heterocycles. The van der Waals surface area contributed by atoms with E-state index in [9.17, 15) is 9.59 Å². The van der Waals surface area contributed by atoms with Crippen molar-refractivity contribution in [1.82, 2.24) is 15.3 Å². The fraction of sp³-hybridized carbons (Fsp3) is 0.400. The van der Waals surface area contributed by atoms with Crippen molar-refractivity contribution in [3.8, 4) is 0 Å². The van der Waals surface area contributed by atoms with E-state index in [1.165, 1.54) is 6.20 Å². The van der Waals surface area contributed by atoms with E-state index in [-0.39, 0.29) is 24.3 Å². The smallest absolute Gasteiger partial charge is 0.251 e. The summed E-state index contributed by atoms with van der Waals surface area (Å²) in [6.45, 7) is 3.44. The number of hydrazine groups is 1. The van der Waals surface area contributed by atoms with Crippen molar-refractivity contribution in [2.45, 2.75) is 19.4 Å². The maximum Gasteiger partial charge on any atom is 0.251 e. The third-order valence-corrected chi connectivity index (χ3v) is 3.45. The van der Waals surface area contributed by atoms with Crippen LogP contribution >= 0.6 is 15.9 Å². The van der Waals surface area contributed by atoms with Crippen molar-refractivity contribution in [1.29, 1.82) is 0 Å². The van der Waals surface area contributed by atoms with Crippen molar-refractivity contribution in [2.75, 3.05) is 16.9 Å². The highest BCUT2D eigenvalue weighted by Gasteiger charge is 2.42. The number of rotatable bonds is 2. The highest BCUT2D eigenvalue weighted by molar-refractivity contribution is 9.10. The van der Waals surface area contributed by atoms with Gasteiger partial charge in [0.15, 0.2) is 0 Å². The molecule has 0 bridgehead atoms. The summed E-state index contributed by atoms with van der Waals surface area (Å²) in [5.41, 5.74) is 1.42. The van der Waals surface area contributed by atoms with Gasteiger partial charge in [0.05, 0.1) is 11.0 Å². The zero-order valence-electron chi connectivity index (χ0n) is 10.4. The molecule has 1 saturated heterocycles. The monoisotopic (exact) mass is 328 g/mol. The van der Waals surface area contributed by atoms with Crippen molar-refractivity contribution in [3.05, 3.63) is 10.7 Å². The topological polar surface area (TPSA) is 113 Å². The molecule has 4 N–H and O–H groups in total. The Hall–Kier alpha value is -1.74. The Balaban J connectivity index is 2.49. The second-order valence-electron chi connectivity index (χ2n) is 4.53. The molecule has 19 heavy (non-hydrogen) atoms. The summed E-state index contributed by atoms with van der Waals surface area (Å²) in [4.78, 5) is 33.1. The maximum absolute atomic E-state index is 11.9. The Morgan fingerprint density at radius 3 is 2.84 bits per heavy atom. The van der Waals surface area contributed by atoms with E-state index in [1.807, 2.05) is 0 Å². The predicted octanol–water partition coefficient (Wildman–Crippen LogP) is -0.234. The third kappa shape index (κ3) is 2.38. The zero-order chi connectivity index (χ0) is 14.2. The molecule has 1 aliphatic heterocycles. The van der Waals surface area contributed by atoms with E-state index in [0.29, 0.717) is 10.3 Å². The lowest BCUT2D eigenvalue weighted by atomic mass is 9.99. The van der Waals surface area contributed by atoms with Crippen molar-refractivity contribution in [3.63, 3.8) is 0 Å². The van der Waals surface area contributed by atoms with Crippen LogP contribution in [0.25, 0.3) is 0 Å². The lowest BCUT2D eigenvalue weighted by molar-refractivity contribution is -0.135. The highest BCUT2D eigenvalue weighted by atomic mass is 79.9. The first kappa shape index (κ1) is 13.7. The van der Waals surface area contributed by atoms with E-state index in [0.717, 1.165) is 0 Å². The number of piperazine rings is 1. The fourth-order valence-corrected chi connectivity index (χ4v) is 2.14. The Morgan fingerprint density at radius 1 is 1.53 bits per heavy atom. The van der Waals surface area contributed by atoms with E-state index < -0.39 is 5.54 Å². The SMILES string of the molecule is CC1(C)C(=O)NC(=O)CN1c1nc(NN)ncc1Br. The standard InChI is InChI=1S/C10H13BrN6O2/c1-10(2)8(19)14-6(18)4-17(10)7-5(11)3-13-9(15-7)16-12/h3H,4,12H2,1-2H3,(H,13,15,16)(H,14,18,19). The van der Waals surface area contributed by atoms with Crippen molar-refractivity contribution < 1.29 is 9.59 Å². The fourth-order valence-electron chi connectivity index (χ4n) is 1.74. The summed E-state index contributed by atoms with van der Waals surface area (Å²) in [6, 6.07) is 0. The van der Waals surface area contributed by atoms with Gasteiger partial charge >= 0.3 is 0 Å². The van der Waals surface area contributed by atoms with Gasteiger partial charge in [-0.15, -0.1) is 0 Å². The molecule has 0 spiro atoms.